The van der Waals surface area contributed by atoms with Crippen LogP contribution >= 0.6 is 11.8 Å². The van der Waals surface area contributed by atoms with Crippen LogP contribution in [0.25, 0.3) is 0 Å². The lowest BCUT2D eigenvalue weighted by molar-refractivity contribution is -0.125. The number of rotatable bonds is 6. The minimum Gasteiger partial charge on any atom is -0.457 e. The van der Waals surface area contributed by atoms with Crippen LogP contribution in [0.4, 0.5) is 10.5 Å². The molecule has 3 saturated heterocycles. The van der Waals surface area contributed by atoms with Gasteiger partial charge >= 0.3 is 6.03 Å². The summed E-state index contributed by atoms with van der Waals surface area (Å²) >= 11 is 1.51. The molecule has 0 saturated carbocycles. The number of amides is 4. The monoisotopic (exact) mass is 545 g/mol. The Morgan fingerprint density at radius 3 is 2.74 bits per heavy atom. The molecule has 2 aromatic rings. The lowest BCUT2D eigenvalue weighted by atomic mass is 9.86. The average molecular weight is 546 g/mol. The van der Waals surface area contributed by atoms with E-state index in [1.165, 1.54) is 17.8 Å². The molecule has 3 fully saturated rings. The number of piperidine rings is 1. The first-order valence-electron chi connectivity index (χ1n) is 13.2. The van der Waals surface area contributed by atoms with Gasteiger partial charge in [-0.05, 0) is 68.3 Å². The van der Waals surface area contributed by atoms with Crippen molar-refractivity contribution in [3.8, 4) is 11.5 Å². The minimum absolute atomic E-state index is 0.000613. The molecule has 39 heavy (non-hydrogen) atoms. The highest BCUT2D eigenvalue weighted by Gasteiger charge is 2.52. The van der Waals surface area contributed by atoms with Gasteiger partial charge in [-0.2, -0.15) is 0 Å². The van der Waals surface area contributed by atoms with Crippen molar-refractivity contribution < 1.29 is 19.1 Å². The van der Waals surface area contributed by atoms with Crippen molar-refractivity contribution in [2.24, 2.45) is 5.92 Å². The fourth-order valence-corrected chi connectivity index (χ4v) is 7.41. The van der Waals surface area contributed by atoms with E-state index in [4.69, 9.17) is 4.74 Å². The number of likely N-dealkylation sites (tertiary alicyclic amines) is 1. The number of carbonyl (C=O) groups is 3. The molecule has 4 aliphatic rings. The molecule has 6 rings (SSSR count). The maximum absolute atomic E-state index is 13.6. The van der Waals surface area contributed by atoms with E-state index in [9.17, 15) is 14.4 Å². The molecule has 202 valence electrons. The van der Waals surface area contributed by atoms with E-state index in [-0.39, 0.29) is 41.2 Å². The van der Waals surface area contributed by atoms with Gasteiger partial charge in [0.25, 0.3) is 5.91 Å². The van der Waals surface area contributed by atoms with E-state index in [0.717, 1.165) is 30.0 Å². The van der Waals surface area contributed by atoms with Gasteiger partial charge in [-0.1, -0.05) is 36.5 Å². The Bertz CT molecular complexity index is 1360. The molecule has 4 heterocycles. The Balaban J connectivity index is 1.23. The largest absolute Gasteiger partial charge is 0.457 e. The van der Waals surface area contributed by atoms with E-state index in [2.05, 4.69) is 22.5 Å². The predicted octanol–water partition coefficient (Wildman–Crippen LogP) is 3.48. The summed E-state index contributed by atoms with van der Waals surface area (Å²) in [7, 11) is 0. The summed E-state index contributed by atoms with van der Waals surface area (Å²) in [5, 5.41) is 9.52. The van der Waals surface area contributed by atoms with Crippen molar-refractivity contribution in [2.45, 2.75) is 37.2 Å². The maximum atomic E-state index is 13.6. The van der Waals surface area contributed by atoms with Crippen LogP contribution in [0.2, 0.25) is 0 Å². The van der Waals surface area contributed by atoms with Crippen molar-refractivity contribution in [3.63, 3.8) is 0 Å². The maximum Gasteiger partial charge on any atom is 0.326 e. The van der Waals surface area contributed by atoms with Crippen LogP contribution in [-0.2, 0) is 9.59 Å². The van der Waals surface area contributed by atoms with Gasteiger partial charge in [-0.15, -0.1) is 0 Å². The highest BCUT2D eigenvalue weighted by atomic mass is 32.2. The van der Waals surface area contributed by atoms with Crippen molar-refractivity contribution in [3.05, 3.63) is 77.4 Å². The fraction of sp³-hybridized carbons (Fsp3) is 0.345. The number of carbonyl (C=O) groups excluding carboxylic acids is 3. The Hall–Kier alpha value is -3.76. The van der Waals surface area contributed by atoms with Crippen molar-refractivity contribution >= 4 is 35.3 Å². The zero-order valence-electron chi connectivity index (χ0n) is 21.7. The zero-order valence-corrected chi connectivity index (χ0v) is 22.5. The van der Waals surface area contributed by atoms with E-state index in [1.807, 2.05) is 60.4 Å². The van der Waals surface area contributed by atoms with Crippen LogP contribution in [-0.4, -0.2) is 59.8 Å². The van der Waals surface area contributed by atoms with Crippen LogP contribution < -0.4 is 25.6 Å². The molecule has 3 unspecified atom stereocenters. The molecular weight excluding hydrogens is 514 g/mol. The van der Waals surface area contributed by atoms with Gasteiger partial charge in [0.1, 0.15) is 11.5 Å². The number of urea groups is 1. The Morgan fingerprint density at radius 1 is 1.15 bits per heavy atom. The second-order valence-electron chi connectivity index (χ2n) is 10.2. The SMILES string of the molecule is C=CC(=O)N[C@H]1CCN(C(=O)C2=C3NC(=O)N(c4ccc(Oc5ccccc5)cc4C)C4CCNC(S2)C34)C1. The number of ether oxygens (including phenoxy) is 1. The standard InChI is InChI=1S/C29H31N5O4S/c1-3-23(35)31-18-12-14-33(16-18)28(36)26-25-24-22(11-13-30-27(24)39-26)34(29(37)32-25)21-10-9-20(15-17(21)2)38-19-7-5-4-6-8-19/h3-10,15,18,22,24,27,30H,1,11-14,16H2,2H3,(H,31,35)(H,32,37)/t18-,22?,24?,27?/m0/s1. The summed E-state index contributed by atoms with van der Waals surface area (Å²) in [5.41, 5.74) is 2.49. The van der Waals surface area contributed by atoms with Crippen molar-refractivity contribution in [2.75, 3.05) is 24.5 Å². The predicted molar refractivity (Wildman–Crippen MR) is 150 cm³/mol. The van der Waals surface area contributed by atoms with Gasteiger partial charge in [0.15, 0.2) is 0 Å². The van der Waals surface area contributed by atoms with Crippen molar-refractivity contribution in [1.29, 1.82) is 0 Å². The summed E-state index contributed by atoms with van der Waals surface area (Å²) in [4.78, 5) is 43.1. The molecule has 3 N–H and O–H groups in total. The van der Waals surface area contributed by atoms with Crippen LogP contribution in [0.3, 0.4) is 0 Å². The van der Waals surface area contributed by atoms with Crippen LogP contribution in [0.15, 0.2) is 71.8 Å². The second kappa shape index (κ2) is 10.4. The first-order chi connectivity index (χ1) is 18.9. The van der Waals surface area contributed by atoms with E-state index >= 15 is 0 Å². The molecule has 0 aromatic heterocycles. The molecule has 10 heteroatoms. The third kappa shape index (κ3) is 4.79. The topological polar surface area (TPSA) is 103 Å². The summed E-state index contributed by atoms with van der Waals surface area (Å²) < 4.78 is 5.99. The Labute approximate surface area is 231 Å². The summed E-state index contributed by atoms with van der Waals surface area (Å²) in [6, 6.07) is 15.0. The van der Waals surface area contributed by atoms with Gasteiger partial charge in [0.05, 0.1) is 16.3 Å². The molecular formula is C29H31N5O4S. The molecule has 0 radical (unpaired) electrons. The molecule has 4 aliphatic heterocycles. The Morgan fingerprint density at radius 2 is 1.97 bits per heavy atom. The quantitative estimate of drug-likeness (QED) is 0.481. The fourth-order valence-electron chi connectivity index (χ4n) is 5.94. The number of nitrogens with one attached hydrogen (secondary N) is 3. The molecule has 2 aromatic carbocycles. The number of hydrogen-bond donors (Lipinski definition) is 3. The number of hydrogen-bond acceptors (Lipinski definition) is 6. The number of benzene rings is 2. The van der Waals surface area contributed by atoms with Crippen LogP contribution in [0.5, 0.6) is 11.5 Å². The number of nitrogens with zero attached hydrogens (tertiary/aromatic N) is 2. The van der Waals surface area contributed by atoms with Gasteiger partial charge < -0.3 is 25.6 Å². The third-order valence-corrected chi connectivity index (χ3v) is 9.09. The van der Waals surface area contributed by atoms with Gasteiger partial charge in [-0.25, -0.2) is 4.79 Å². The summed E-state index contributed by atoms with van der Waals surface area (Å²) in [5.74, 6) is 1.11. The minimum atomic E-state index is -0.237. The summed E-state index contributed by atoms with van der Waals surface area (Å²) in [6.07, 6.45) is 2.71. The van der Waals surface area contributed by atoms with Gasteiger partial charge in [0.2, 0.25) is 5.91 Å². The highest BCUT2D eigenvalue weighted by Crippen LogP contribution is 2.49. The number of para-hydroxylation sites is 1. The highest BCUT2D eigenvalue weighted by molar-refractivity contribution is 8.04. The zero-order chi connectivity index (χ0) is 27.1. The van der Waals surface area contributed by atoms with Crippen LogP contribution in [0, 0.1) is 12.8 Å². The van der Waals surface area contributed by atoms with Crippen LogP contribution in [0.1, 0.15) is 18.4 Å². The molecule has 0 aliphatic carbocycles. The lowest BCUT2D eigenvalue weighted by Gasteiger charge is -2.46. The van der Waals surface area contributed by atoms with E-state index < -0.39 is 0 Å². The molecule has 0 bridgehead atoms. The van der Waals surface area contributed by atoms with E-state index in [1.54, 1.807) is 4.90 Å². The first kappa shape index (κ1) is 25.5. The number of aryl methyl sites for hydroxylation is 1. The number of thioether (sulfide) groups is 1. The molecule has 9 nitrogen and oxygen atoms in total. The van der Waals surface area contributed by atoms with E-state index in [0.29, 0.717) is 35.9 Å². The second-order valence-corrected chi connectivity index (χ2v) is 11.4. The normalized spacial score (nSPS) is 25.7. The molecule has 0 spiro atoms. The Kier molecular flexibility index (Phi) is 6.82. The number of anilines is 1. The molecule has 4 atom stereocenters. The van der Waals surface area contributed by atoms with Gasteiger partial charge in [0, 0.05) is 36.4 Å². The molecule has 4 amide bonds. The van der Waals surface area contributed by atoms with Gasteiger partial charge in [-0.3, -0.25) is 14.5 Å². The first-order valence-corrected chi connectivity index (χ1v) is 14.1. The smallest absolute Gasteiger partial charge is 0.326 e. The lowest BCUT2D eigenvalue weighted by Crippen LogP contribution is -2.62. The van der Waals surface area contributed by atoms with Crippen molar-refractivity contribution in [1.82, 2.24) is 20.9 Å². The average Bonchev–Trinajstić information content (AvgIpc) is 3.55. The summed E-state index contributed by atoms with van der Waals surface area (Å²) in [6.45, 7) is 7.24. The third-order valence-electron chi connectivity index (χ3n) is 7.75.